The molecule has 0 bridgehead atoms. The third-order valence-corrected chi connectivity index (χ3v) is 0.946. The van der Waals surface area contributed by atoms with Crippen LogP contribution in [0.2, 0.25) is 0 Å². The first kappa shape index (κ1) is 11.6. The molecule has 1 aromatic rings. The first-order chi connectivity index (χ1) is 6.04. The molecule has 3 nitrogen and oxygen atoms in total. The second-order valence-corrected chi connectivity index (χ2v) is 3.34. The van der Waals surface area contributed by atoms with Crippen LogP contribution >= 0.6 is 0 Å². The van der Waals surface area contributed by atoms with Crippen LogP contribution in [-0.2, 0) is 0 Å². The zero-order valence-electron chi connectivity index (χ0n) is 8.32. The molecule has 0 radical (unpaired) electrons. The normalized spacial score (nSPS) is 8.92. The van der Waals surface area contributed by atoms with Crippen molar-refractivity contribution in [3.63, 3.8) is 0 Å². The van der Waals surface area contributed by atoms with Crippen LogP contribution in [0.5, 0.6) is 0 Å². The third-order valence-electron chi connectivity index (χ3n) is 0.946. The molecule has 0 saturated heterocycles. The second-order valence-electron chi connectivity index (χ2n) is 3.34. The maximum atomic E-state index is 10.4. The Hall–Kier alpha value is -1.38. The number of hydrogen-bond donors (Lipinski definition) is 1. The SMILES string of the molecule is CC(C)C.NC(=O)c1cccnc1. The van der Waals surface area contributed by atoms with Gasteiger partial charge in [0, 0.05) is 12.4 Å². The van der Waals surface area contributed by atoms with Gasteiger partial charge in [-0.3, -0.25) is 9.78 Å². The summed E-state index contributed by atoms with van der Waals surface area (Å²) in [7, 11) is 0. The average molecular weight is 180 g/mol. The molecule has 1 rings (SSSR count). The monoisotopic (exact) mass is 180 g/mol. The number of rotatable bonds is 1. The summed E-state index contributed by atoms with van der Waals surface area (Å²) in [5.74, 6) is 0.392. The minimum Gasteiger partial charge on any atom is -0.366 e. The number of carbonyl (C=O) groups is 1. The molecule has 72 valence electrons. The van der Waals surface area contributed by atoms with Gasteiger partial charge in [-0.2, -0.15) is 0 Å². The summed E-state index contributed by atoms with van der Waals surface area (Å²) < 4.78 is 0. The van der Waals surface area contributed by atoms with E-state index in [0.29, 0.717) is 5.56 Å². The molecule has 1 aromatic heterocycles. The highest BCUT2D eigenvalue weighted by molar-refractivity contribution is 5.92. The van der Waals surface area contributed by atoms with Gasteiger partial charge in [0.25, 0.3) is 0 Å². The average Bonchev–Trinajstić information content (AvgIpc) is 2.05. The molecule has 1 heterocycles. The predicted molar refractivity (Wildman–Crippen MR) is 53.3 cm³/mol. The minimum absolute atomic E-state index is 0.442. The first-order valence-electron chi connectivity index (χ1n) is 4.24. The Morgan fingerprint density at radius 2 is 2.00 bits per heavy atom. The molecule has 2 N–H and O–H groups in total. The van der Waals surface area contributed by atoms with E-state index in [1.807, 2.05) is 0 Å². The van der Waals surface area contributed by atoms with E-state index in [4.69, 9.17) is 5.73 Å². The van der Waals surface area contributed by atoms with Crippen LogP contribution in [0.4, 0.5) is 0 Å². The lowest BCUT2D eigenvalue weighted by molar-refractivity contribution is 0.1000. The van der Waals surface area contributed by atoms with Crippen LogP contribution in [-0.4, -0.2) is 10.9 Å². The van der Waals surface area contributed by atoms with E-state index in [-0.39, 0.29) is 0 Å². The number of primary amides is 1. The van der Waals surface area contributed by atoms with E-state index in [9.17, 15) is 4.79 Å². The van der Waals surface area contributed by atoms with Gasteiger partial charge in [-0.1, -0.05) is 20.8 Å². The lowest BCUT2D eigenvalue weighted by Gasteiger charge is -1.88. The smallest absolute Gasteiger partial charge is 0.250 e. The molecular weight excluding hydrogens is 164 g/mol. The molecule has 0 aliphatic carbocycles. The van der Waals surface area contributed by atoms with Crippen molar-refractivity contribution in [2.24, 2.45) is 11.7 Å². The van der Waals surface area contributed by atoms with Gasteiger partial charge in [-0.05, 0) is 18.1 Å². The van der Waals surface area contributed by atoms with Gasteiger partial charge in [0.15, 0.2) is 0 Å². The number of aromatic nitrogens is 1. The molecule has 0 atom stereocenters. The first-order valence-corrected chi connectivity index (χ1v) is 4.24. The third kappa shape index (κ3) is 7.00. The van der Waals surface area contributed by atoms with E-state index >= 15 is 0 Å². The Balaban J connectivity index is 0.000000310. The Morgan fingerprint density at radius 3 is 2.23 bits per heavy atom. The number of nitrogens with zero attached hydrogens (tertiary/aromatic N) is 1. The molecular formula is C10H16N2O. The van der Waals surface area contributed by atoms with E-state index < -0.39 is 5.91 Å². The fourth-order valence-electron chi connectivity index (χ4n) is 0.509. The Labute approximate surface area is 79.0 Å². The van der Waals surface area contributed by atoms with Crippen molar-refractivity contribution in [3.05, 3.63) is 30.1 Å². The number of nitrogens with two attached hydrogens (primary N) is 1. The fourth-order valence-corrected chi connectivity index (χ4v) is 0.509. The summed E-state index contributed by atoms with van der Waals surface area (Å²) >= 11 is 0. The van der Waals surface area contributed by atoms with Crippen LogP contribution in [0.1, 0.15) is 31.1 Å². The van der Waals surface area contributed by atoms with Crippen LogP contribution in [0.25, 0.3) is 0 Å². The standard InChI is InChI=1S/C6H6N2O.C4H10/c7-6(9)5-2-1-3-8-4-5;1-4(2)3/h1-4H,(H2,7,9);4H,1-3H3. The number of carbonyl (C=O) groups excluding carboxylic acids is 1. The highest BCUT2D eigenvalue weighted by Crippen LogP contribution is 1.91. The van der Waals surface area contributed by atoms with Crippen molar-refractivity contribution < 1.29 is 4.79 Å². The largest absolute Gasteiger partial charge is 0.366 e. The maximum Gasteiger partial charge on any atom is 0.250 e. The lowest BCUT2D eigenvalue weighted by Crippen LogP contribution is -2.10. The van der Waals surface area contributed by atoms with E-state index in [1.54, 1.807) is 18.3 Å². The summed E-state index contributed by atoms with van der Waals surface area (Å²) in [6.45, 7) is 6.50. The van der Waals surface area contributed by atoms with Gasteiger partial charge in [0.05, 0.1) is 5.56 Å². The van der Waals surface area contributed by atoms with Gasteiger partial charge >= 0.3 is 0 Å². The summed E-state index contributed by atoms with van der Waals surface area (Å²) in [5.41, 5.74) is 5.38. The summed E-state index contributed by atoms with van der Waals surface area (Å²) in [6, 6.07) is 3.29. The summed E-state index contributed by atoms with van der Waals surface area (Å²) in [5, 5.41) is 0. The van der Waals surface area contributed by atoms with E-state index in [2.05, 4.69) is 25.8 Å². The highest BCUT2D eigenvalue weighted by atomic mass is 16.1. The zero-order valence-corrected chi connectivity index (χ0v) is 8.32. The molecule has 1 amide bonds. The van der Waals surface area contributed by atoms with Gasteiger partial charge in [0.1, 0.15) is 0 Å². The number of amides is 1. The number of hydrogen-bond acceptors (Lipinski definition) is 2. The van der Waals surface area contributed by atoms with E-state index in [1.165, 1.54) is 6.20 Å². The molecule has 0 aliphatic heterocycles. The second kappa shape index (κ2) is 6.17. The summed E-state index contributed by atoms with van der Waals surface area (Å²) in [4.78, 5) is 14.1. The minimum atomic E-state index is -0.442. The van der Waals surface area contributed by atoms with Crippen molar-refractivity contribution in [2.45, 2.75) is 20.8 Å². The molecule has 0 aromatic carbocycles. The van der Waals surface area contributed by atoms with E-state index in [0.717, 1.165) is 5.92 Å². The van der Waals surface area contributed by atoms with Crippen LogP contribution in [0, 0.1) is 5.92 Å². The molecule has 0 saturated carbocycles. The van der Waals surface area contributed by atoms with Crippen LogP contribution in [0.15, 0.2) is 24.5 Å². The topological polar surface area (TPSA) is 56.0 Å². The molecule has 3 heteroatoms. The number of pyridine rings is 1. The van der Waals surface area contributed by atoms with Crippen LogP contribution in [0.3, 0.4) is 0 Å². The maximum absolute atomic E-state index is 10.4. The Bertz CT molecular complexity index is 242. The van der Waals surface area contributed by atoms with Crippen molar-refractivity contribution in [2.75, 3.05) is 0 Å². The van der Waals surface area contributed by atoms with Crippen molar-refractivity contribution >= 4 is 5.91 Å². The van der Waals surface area contributed by atoms with Gasteiger partial charge in [0.2, 0.25) is 5.91 Å². The molecule has 0 aliphatic rings. The van der Waals surface area contributed by atoms with Gasteiger partial charge in [-0.25, -0.2) is 0 Å². The molecule has 0 spiro atoms. The van der Waals surface area contributed by atoms with Gasteiger partial charge < -0.3 is 5.73 Å². The lowest BCUT2D eigenvalue weighted by atomic mass is 10.3. The quantitative estimate of drug-likeness (QED) is 0.717. The predicted octanol–water partition coefficient (Wildman–Crippen LogP) is 1.84. The van der Waals surface area contributed by atoms with Crippen LogP contribution < -0.4 is 5.73 Å². The van der Waals surface area contributed by atoms with Gasteiger partial charge in [-0.15, -0.1) is 0 Å². The van der Waals surface area contributed by atoms with Crippen molar-refractivity contribution in [1.29, 1.82) is 0 Å². The zero-order chi connectivity index (χ0) is 10.3. The fraction of sp³-hybridized carbons (Fsp3) is 0.400. The van der Waals surface area contributed by atoms with Crippen molar-refractivity contribution in [1.82, 2.24) is 4.98 Å². The van der Waals surface area contributed by atoms with Crippen molar-refractivity contribution in [3.8, 4) is 0 Å². The Morgan fingerprint density at radius 1 is 1.46 bits per heavy atom. The molecule has 0 unspecified atom stereocenters. The highest BCUT2D eigenvalue weighted by Gasteiger charge is 1.94. The molecule has 0 fully saturated rings. The summed E-state index contributed by atoms with van der Waals surface area (Å²) in [6.07, 6.45) is 3.02. The molecule has 13 heavy (non-hydrogen) atoms. The Kier molecular flexibility index (Phi) is 5.52.